The monoisotopic (exact) mass is 247 g/mol. The van der Waals surface area contributed by atoms with Crippen molar-refractivity contribution in [1.29, 1.82) is 0 Å². The van der Waals surface area contributed by atoms with Crippen LogP contribution in [0, 0.1) is 5.82 Å². The van der Waals surface area contributed by atoms with Gasteiger partial charge in [-0.1, -0.05) is 6.07 Å². The number of benzene rings is 1. The maximum absolute atomic E-state index is 13.8. The van der Waals surface area contributed by atoms with Crippen molar-refractivity contribution < 1.29 is 4.39 Å². The van der Waals surface area contributed by atoms with E-state index in [-0.39, 0.29) is 5.82 Å². The van der Waals surface area contributed by atoms with Crippen LogP contribution in [0.3, 0.4) is 0 Å². The Morgan fingerprint density at radius 1 is 1.44 bits per heavy atom. The molecule has 1 aromatic carbocycles. The molecule has 3 nitrogen and oxygen atoms in total. The van der Waals surface area contributed by atoms with Crippen molar-refractivity contribution in [3.63, 3.8) is 0 Å². The number of hydrogen-bond acceptors (Lipinski definition) is 2. The van der Waals surface area contributed by atoms with E-state index in [0.717, 1.165) is 30.7 Å². The molecular weight excluding hydrogens is 229 g/mol. The zero-order valence-electron chi connectivity index (χ0n) is 10.6. The molecule has 1 aliphatic rings. The molecule has 1 aromatic heterocycles. The summed E-state index contributed by atoms with van der Waals surface area (Å²) in [5.74, 6) is 0.828. The summed E-state index contributed by atoms with van der Waals surface area (Å²) in [6, 6.07) is 5.78. The van der Waals surface area contributed by atoms with Crippen LogP contribution in [0.5, 0.6) is 0 Å². The maximum atomic E-state index is 13.8. The number of para-hydroxylation sites is 1. The third-order valence-corrected chi connectivity index (χ3v) is 3.48. The number of nitrogens with one attached hydrogen (secondary N) is 1. The smallest absolute Gasteiger partial charge is 0.151 e. The lowest BCUT2D eigenvalue weighted by molar-refractivity contribution is 0.636. The zero-order valence-corrected chi connectivity index (χ0v) is 10.6. The van der Waals surface area contributed by atoms with Crippen LogP contribution in [-0.2, 0) is 6.42 Å². The van der Waals surface area contributed by atoms with Gasteiger partial charge in [-0.25, -0.2) is 9.37 Å². The lowest BCUT2D eigenvalue weighted by Crippen LogP contribution is -2.10. The number of nitrogens with zero attached hydrogens (tertiary/aromatic N) is 2. The van der Waals surface area contributed by atoms with E-state index < -0.39 is 0 Å². The average Bonchev–Trinajstić information content (AvgIpc) is 3.12. The van der Waals surface area contributed by atoms with Gasteiger partial charge in [0.15, 0.2) is 5.82 Å². The van der Waals surface area contributed by atoms with Crippen LogP contribution in [-0.4, -0.2) is 23.1 Å². The SMILES string of the molecule is CNCCCc1nc2c(F)cccc2n1C1CC1. The van der Waals surface area contributed by atoms with E-state index in [1.165, 1.54) is 18.9 Å². The Labute approximate surface area is 106 Å². The molecule has 4 heteroatoms. The summed E-state index contributed by atoms with van der Waals surface area (Å²) in [7, 11) is 1.95. The van der Waals surface area contributed by atoms with Crippen LogP contribution in [0.1, 0.15) is 31.1 Å². The molecular formula is C14H18FN3. The fourth-order valence-electron chi connectivity index (χ4n) is 2.47. The predicted molar refractivity (Wildman–Crippen MR) is 70.2 cm³/mol. The average molecular weight is 247 g/mol. The first-order valence-electron chi connectivity index (χ1n) is 6.61. The van der Waals surface area contributed by atoms with Gasteiger partial charge in [0.2, 0.25) is 0 Å². The largest absolute Gasteiger partial charge is 0.325 e. The minimum atomic E-state index is -0.207. The second-order valence-corrected chi connectivity index (χ2v) is 4.94. The van der Waals surface area contributed by atoms with Crippen LogP contribution >= 0.6 is 0 Å². The first-order chi connectivity index (χ1) is 8.81. The van der Waals surface area contributed by atoms with E-state index in [1.54, 1.807) is 6.07 Å². The highest BCUT2D eigenvalue weighted by atomic mass is 19.1. The number of hydrogen-bond donors (Lipinski definition) is 1. The molecule has 0 radical (unpaired) electrons. The van der Waals surface area contributed by atoms with Gasteiger partial charge in [0, 0.05) is 12.5 Å². The van der Waals surface area contributed by atoms with E-state index in [2.05, 4.69) is 14.9 Å². The fourth-order valence-corrected chi connectivity index (χ4v) is 2.47. The Hall–Kier alpha value is -1.42. The molecule has 1 heterocycles. The van der Waals surface area contributed by atoms with Gasteiger partial charge in [-0.05, 0) is 45.0 Å². The highest BCUT2D eigenvalue weighted by Gasteiger charge is 2.28. The number of halogens is 1. The van der Waals surface area contributed by atoms with Crippen molar-refractivity contribution in [2.24, 2.45) is 0 Å². The summed E-state index contributed by atoms with van der Waals surface area (Å²) in [4.78, 5) is 4.51. The highest BCUT2D eigenvalue weighted by Crippen LogP contribution is 2.39. The molecule has 2 aromatic rings. The first-order valence-corrected chi connectivity index (χ1v) is 6.61. The van der Waals surface area contributed by atoms with Gasteiger partial charge >= 0.3 is 0 Å². The summed E-state index contributed by atoms with van der Waals surface area (Å²) in [5, 5.41) is 3.14. The lowest BCUT2D eigenvalue weighted by Gasteiger charge is -2.07. The number of fused-ring (bicyclic) bond motifs is 1. The summed E-state index contributed by atoms with van der Waals surface area (Å²) in [6.45, 7) is 0.969. The topological polar surface area (TPSA) is 29.9 Å². The van der Waals surface area contributed by atoms with Gasteiger partial charge in [0.25, 0.3) is 0 Å². The van der Waals surface area contributed by atoms with E-state index in [1.807, 2.05) is 13.1 Å². The second-order valence-electron chi connectivity index (χ2n) is 4.94. The Balaban J connectivity index is 2.01. The minimum Gasteiger partial charge on any atom is -0.325 e. The molecule has 3 rings (SSSR count). The molecule has 0 unspecified atom stereocenters. The molecule has 0 saturated heterocycles. The van der Waals surface area contributed by atoms with E-state index >= 15 is 0 Å². The quantitative estimate of drug-likeness (QED) is 0.823. The number of aryl methyl sites for hydroxylation is 1. The molecule has 0 amide bonds. The Morgan fingerprint density at radius 2 is 2.28 bits per heavy atom. The van der Waals surface area contributed by atoms with Crippen LogP contribution in [0.2, 0.25) is 0 Å². The maximum Gasteiger partial charge on any atom is 0.151 e. The number of rotatable bonds is 5. The molecule has 0 spiro atoms. The van der Waals surface area contributed by atoms with Crippen molar-refractivity contribution in [2.45, 2.75) is 31.7 Å². The molecule has 1 saturated carbocycles. The summed E-state index contributed by atoms with van der Waals surface area (Å²) in [6.07, 6.45) is 4.33. The standard InChI is InChI=1S/C14H18FN3/c1-16-9-3-6-13-17-14-11(15)4-2-5-12(14)18(13)10-7-8-10/h2,4-5,10,16H,3,6-9H2,1H3. The minimum absolute atomic E-state index is 0.207. The van der Waals surface area contributed by atoms with Gasteiger partial charge in [-0.3, -0.25) is 0 Å². The Morgan fingerprint density at radius 3 is 3.00 bits per heavy atom. The number of imidazole rings is 1. The van der Waals surface area contributed by atoms with Crippen molar-refractivity contribution >= 4 is 11.0 Å². The van der Waals surface area contributed by atoms with Crippen LogP contribution in [0.4, 0.5) is 4.39 Å². The molecule has 0 bridgehead atoms. The number of aromatic nitrogens is 2. The van der Waals surface area contributed by atoms with Gasteiger partial charge in [-0.2, -0.15) is 0 Å². The molecule has 1 fully saturated rings. The van der Waals surface area contributed by atoms with E-state index in [4.69, 9.17) is 0 Å². The normalized spacial score (nSPS) is 15.4. The third-order valence-electron chi connectivity index (χ3n) is 3.48. The van der Waals surface area contributed by atoms with Crippen LogP contribution < -0.4 is 5.32 Å². The second kappa shape index (κ2) is 4.69. The van der Waals surface area contributed by atoms with E-state index in [9.17, 15) is 4.39 Å². The molecule has 0 atom stereocenters. The molecule has 18 heavy (non-hydrogen) atoms. The zero-order chi connectivity index (χ0) is 12.5. The first kappa shape index (κ1) is 11.7. The lowest BCUT2D eigenvalue weighted by atomic mass is 10.3. The molecule has 0 aliphatic heterocycles. The van der Waals surface area contributed by atoms with Crippen molar-refractivity contribution in [2.75, 3.05) is 13.6 Å². The predicted octanol–water partition coefficient (Wildman–Crippen LogP) is 2.66. The van der Waals surface area contributed by atoms with Crippen LogP contribution in [0.15, 0.2) is 18.2 Å². The van der Waals surface area contributed by atoms with Gasteiger partial charge < -0.3 is 9.88 Å². The fraction of sp³-hybridized carbons (Fsp3) is 0.500. The van der Waals surface area contributed by atoms with Crippen molar-refractivity contribution in [3.8, 4) is 0 Å². The van der Waals surface area contributed by atoms with Crippen molar-refractivity contribution in [1.82, 2.24) is 14.9 Å². The molecule has 1 N–H and O–H groups in total. The Bertz CT molecular complexity index is 557. The van der Waals surface area contributed by atoms with Crippen molar-refractivity contribution in [3.05, 3.63) is 29.8 Å². The highest BCUT2D eigenvalue weighted by molar-refractivity contribution is 5.77. The van der Waals surface area contributed by atoms with E-state index in [0.29, 0.717) is 11.6 Å². The molecule has 96 valence electrons. The van der Waals surface area contributed by atoms with Gasteiger partial charge in [-0.15, -0.1) is 0 Å². The Kier molecular flexibility index (Phi) is 3.04. The third kappa shape index (κ3) is 2.01. The summed E-state index contributed by atoms with van der Waals surface area (Å²) < 4.78 is 16.0. The van der Waals surface area contributed by atoms with Gasteiger partial charge in [0.05, 0.1) is 5.52 Å². The molecule has 1 aliphatic carbocycles. The summed E-state index contributed by atoms with van der Waals surface area (Å²) in [5.41, 5.74) is 1.49. The van der Waals surface area contributed by atoms with Gasteiger partial charge in [0.1, 0.15) is 11.3 Å². The van der Waals surface area contributed by atoms with Crippen LogP contribution in [0.25, 0.3) is 11.0 Å². The summed E-state index contributed by atoms with van der Waals surface area (Å²) >= 11 is 0.